The van der Waals surface area contributed by atoms with E-state index in [1.54, 1.807) is 25.1 Å². The Morgan fingerprint density at radius 1 is 1.11 bits per heavy atom. The third-order valence-electron chi connectivity index (χ3n) is 4.54. The van der Waals surface area contributed by atoms with E-state index in [0.29, 0.717) is 28.6 Å². The first kappa shape index (κ1) is 16.8. The number of fused-ring (bicyclic) bond motifs is 1. The van der Waals surface area contributed by atoms with Gasteiger partial charge in [0.05, 0.1) is 16.8 Å². The summed E-state index contributed by atoms with van der Waals surface area (Å²) in [7, 11) is 0. The Labute approximate surface area is 153 Å². The predicted octanol–water partition coefficient (Wildman–Crippen LogP) is 3.16. The second-order valence-corrected chi connectivity index (χ2v) is 6.35. The van der Waals surface area contributed by atoms with Crippen molar-refractivity contribution in [2.24, 2.45) is 0 Å². The summed E-state index contributed by atoms with van der Waals surface area (Å²) in [6, 6.07) is 12.9. The number of aromatic amines is 1. The van der Waals surface area contributed by atoms with Crippen molar-refractivity contribution in [3.05, 3.63) is 81.5 Å². The van der Waals surface area contributed by atoms with Crippen LogP contribution >= 0.6 is 0 Å². The molecule has 0 aliphatic rings. The van der Waals surface area contributed by atoms with E-state index in [1.165, 1.54) is 18.2 Å². The highest BCUT2D eigenvalue weighted by molar-refractivity contribution is 5.83. The number of aryl methyl sites for hydroxylation is 1. The van der Waals surface area contributed by atoms with Crippen molar-refractivity contribution in [2.45, 2.75) is 13.3 Å². The fourth-order valence-electron chi connectivity index (χ4n) is 3.18. The Bertz CT molecular complexity index is 1230. The first-order valence-corrected chi connectivity index (χ1v) is 8.31. The minimum absolute atomic E-state index is 0.0318. The maximum atomic E-state index is 14.4. The summed E-state index contributed by atoms with van der Waals surface area (Å²) in [6.45, 7) is 1.61. The fourth-order valence-corrected chi connectivity index (χ4v) is 3.18. The van der Waals surface area contributed by atoms with E-state index in [0.717, 1.165) is 9.95 Å². The minimum atomic E-state index is -0.584. The number of halogens is 1. The van der Waals surface area contributed by atoms with Crippen LogP contribution in [0.25, 0.3) is 16.5 Å². The molecule has 136 valence electrons. The number of nitrogens with zero attached hydrogens (tertiary/aromatic N) is 2. The van der Waals surface area contributed by atoms with Crippen molar-refractivity contribution in [3.63, 3.8) is 0 Å². The van der Waals surface area contributed by atoms with Crippen molar-refractivity contribution >= 4 is 10.8 Å². The van der Waals surface area contributed by atoms with E-state index in [9.17, 15) is 19.4 Å². The SMILES string of the molecule is Cc1cc(O)n(-c2cc(Cc3n[nH]c(=O)c4ccccc34)ccc2F)c1O. The van der Waals surface area contributed by atoms with Crippen molar-refractivity contribution in [3.8, 4) is 17.4 Å². The van der Waals surface area contributed by atoms with Gasteiger partial charge in [-0.3, -0.25) is 4.79 Å². The molecule has 0 aliphatic carbocycles. The molecule has 6 nitrogen and oxygen atoms in total. The molecule has 0 saturated heterocycles. The number of nitrogens with one attached hydrogen (secondary N) is 1. The summed E-state index contributed by atoms with van der Waals surface area (Å²) in [6.07, 6.45) is 0.340. The average molecular weight is 365 g/mol. The number of hydrogen-bond acceptors (Lipinski definition) is 4. The van der Waals surface area contributed by atoms with Gasteiger partial charge in [0, 0.05) is 23.4 Å². The molecule has 0 spiro atoms. The average Bonchev–Trinajstić information content (AvgIpc) is 2.91. The lowest BCUT2D eigenvalue weighted by molar-refractivity contribution is 0.398. The number of aromatic nitrogens is 3. The maximum Gasteiger partial charge on any atom is 0.272 e. The van der Waals surface area contributed by atoms with Crippen LogP contribution in [0.1, 0.15) is 16.8 Å². The van der Waals surface area contributed by atoms with Crippen LogP contribution in [-0.4, -0.2) is 25.0 Å². The zero-order valence-electron chi connectivity index (χ0n) is 14.4. The van der Waals surface area contributed by atoms with Crippen LogP contribution in [0.5, 0.6) is 11.8 Å². The van der Waals surface area contributed by atoms with Crippen LogP contribution in [0, 0.1) is 12.7 Å². The highest BCUT2D eigenvalue weighted by atomic mass is 19.1. The molecule has 2 aromatic heterocycles. The lowest BCUT2D eigenvalue weighted by Gasteiger charge is -2.11. The minimum Gasteiger partial charge on any atom is -0.494 e. The van der Waals surface area contributed by atoms with Crippen molar-refractivity contribution < 1.29 is 14.6 Å². The highest BCUT2D eigenvalue weighted by Crippen LogP contribution is 2.32. The molecule has 0 atom stereocenters. The molecule has 2 heterocycles. The molecular weight excluding hydrogens is 349 g/mol. The number of hydrogen-bond donors (Lipinski definition) is 3. The number of aromatic hydroxyl groups is 2. The first-order valence-electron chi connectivity index (χ1n) is 8.31. The Balaban J connectivity index is 1.81. The highest BCUT2D eigenvalue weighted by Gasteiger charge is 2.17. The normalized spacial score (nSPS) is 11.2. The van der Waals surface area contributed by atoms with Gasteiger partial charge in [-0.1, -0.05) is 24.3 Å². The monoisotopic (exact) mass is 365 g/mol. The van der Waals surface area contributed by atoms with Crippen LogP contribution in [0.4, 0.5) is 4.39 Å². The van der Waals surface area contributed by atoms with Gasteiger partial charge in [-0.05, 0) is 30.7 Å². The van der Waals surface area contributed by atoms with E-state index in [2.05, 4.69) is 10.2 Å². The van der Waals surface area contributed by atoms with Gasteiger partial charge in [0.15, 0.2) is 5.88 Å². The Morgan fingerprint density at radius 2 is 1.85 bits per heavy atom. The quantitative estimate of drug-likeness (QED) is 0.520. The van der Waals surface area contributed by atoms with Gasteiger partial charge in [0.25, 0.3) is 5.56 Å². The van der Waals surface area contributed by atoms with Crippen LogP contribution in [0.2, 0.25) is 0 Å². The van der Waals surface area contributed by atoms with Gasteiger partial charge < -0.3 is 10.2 Å². The Kier molecular flexibility index (Phi) is 3.92. The number of rotatable bonds is 3. The van der Waals surface area contributed by atoms with Gasteiger partial charge >= 0.3 is 0 Å². The molecule has 4 aromatic rings. The molecule has 3 N–H and O–H groups in total. The van der Waals surface area contributed by atoms with Gasteiger partial charge in [-0.15, -0.1) is 0 Å². The van der Waals surface area contributed by atoms with Crippen LogP contribution < -0.4 is 5.56 Å². The summed E-state index contributed by atoms with van der Waals surface area (Å²) in [5.41, 5.74) is 1.54. The van der Waals surface area contributed by atoms with E-state index >= 15 is 0 Å². The summed E-state index contributed by atoms with van der Waals surface area (Å²) >= 11 is 0. The Hall–Kier alpha value is -3.61. The zero-order valence-corrected chi connectivity index (χ0v) is 14.4. The van der Waals surface area contributed by atoms with Gasteiger partial charge in [0.1, 0.15) is 5.82 Å². The molecule has 0 fully saturated rings. The molecule has 0 unspecified atom stereocenters. The van der Waals surface area contributed by atoms with Crippen molar-refractivity contribution in [2.75, 3.05) is 0 Å². The van der Waals surface area contributed by atoms with Gasteiger partial charge in [-0.25, -0.2) is 14.1 Å². The third kappa shape index (κ3) is 2.83. The second kappa shape index (κ2) is 6.28. The van der Waals surface area contributed by atoms with E-state index in [1.807, 2.05) is 12.1 Å². The largest absolute Gasteiger partial charge is 0.494 e. The molecule has 0 radical (unpaired) electrons. The summed E-state index contributed by atoms with van der Waals surface area (Å²) in [5, 5.41) is 28.0. The molecular formula is C20H16FN3O3. The molecule has 0 saturated carbocycles. The van der Waals surface area contributed by atoms with Crippen LogP contribution in [0.3, 0.4) is 0 Å². The molecule has 27 heavy (non-hydrogen) atoms. The molecule has 4 rings (SSSR count). The van der Waals surface area contributed by atoms with E-state index in [-0.39, 0.29) is 23.0 Å². The van der Waals surface area contributed by atoms with Crippen molar-refractivity contribution in [1.29, 1.82) is 0 Å². The van der Waals surface area contributed by atoms with Gasteiger partial charge in [-0.2, -0.15) is 5.10 Å². The van der Waals surface area contributed by atoms with E-state index < -0.39 is 5.82 Å². The maximum absolute atomic E-state index is 14.4. The third-order valence-corrected chi connectivity index (χ3v) is 4.54. The summed E-state index contributed by atoms with van der Waals surface area (Å²) in [4.78, 5) is 11.9. The molecule has 0 bridgehead atoms. The first-order chi connectivity index (χ1) is 13.0. The lowest BCUT2D eigenvalue weighted by atomic mass is 10.0. The smallest absolute Gasteiger partial charge is 0.272 e. The van der Waals surface area contributed by atoms with Crippen molar-refractivity contribution in [1.82, 2.24) is 14.8 Å². The predicted molar refractivity (Wildman–Crippen MR) is 99.0 cm³/mol. The summed E-state index contributed by atoms with van der Waals surface area (Å²) < 4.78 is 15.4. The zero-order chi connectivity index (χ0) is 19.1. The standard InChI is InChI=1S/C20H16FN3O3/c1-11-8-18(25)24(20(11)27)17-10-12(6-7-15(17)21)9-16-13-4-2-3-5-14(13)19(26)23-22-16/h2-8,10,25,27H,9H2,1H3,(H,23,26). The van der Waals surface area contributed by atoms with E-state index in [4.69, 9.17) is 0 Å². The number of benzene rings is 2. The molecule has 0 amide bonds. The second-order valence-electron chi connectivity index (χ2n) is 6.35. The van der Waals surface area contributed by atoms with Gasteiger partial charge in [0.2, 0.25) is 5.88 Å². The topological polar surface area (TPSA) is 91.1 Å². The lowest BCUT2D eigenvalue weighted by Crippen LogP contribution is -2.11. The molecule has 0 aliphatic heterocycles. The van der Waals surface area contributed by atoms with Crippen LogP contribution in [0.15, 0.2) is 53.3 Å². The molecule has 7 heteroatoms. The van der Waals surface area contributed by atoms with Crippen LogP contribution in [-0.2, 0) is 6.42 Å². The number of H-pyrrole nitrogens is 1. The Morgan fingerprint density at radius 3 is 2.56 bits per heavy atom. The summed E-state index contributed by atoms with van der Waals surface area (Å²) in [5.74, 6) is -1.07. The molecule has 2 aromatic carbocycles. The fraction of sp³-hybridized carbons (Fsp3) is 0.100.